The van der Waals surface area contributed by atoms with E-state index in [2.05, 4.69) is 9.28 Å². The zero-order valence-corrected chi connectivity index (χ0v) is 8.64. The number of hydrogen-bond acceptors (Lipinski definition) is 6. The van der Waals surface area contributed by atoms with Gasteiger partial charge in [-0.1, -0.05) is 18.7 Å². The molecule has 0 aromatic carbocycles. The predicted octanol–water partition coefficient (Wildman–Crippen LogP) is 0.145. The predicted molar refractivity (Wildman–Crippen MR) is 49.8 cm³/mol. The van der Waals surface area contributed by atoms with Gasteiger partial charge in [0.15, 0.2) is 5.17 Å². The fourth-order valence-corrected chi connectivity index (χ4v) is 1.97. The van der Waals surface area contributed by atoms with Crippen molar-refractivity contribution >= 4 is 27.3 Å². The Bertz CT molecular complexity index is 300. The highest BCUT2D eigenvalue weighted by Gasteiger charge is 2.22. The Morgan fingerprint density at radius 2 is 2.46 bits per heavy atom. The van der Waals surface area contributed by atoms with E-state index in [9.17, 15) is 8.42 Å². The molecule has 8 heteroatoms. The van der Waals surface area contributed by atoms with Gasteiger partial charge in [-0.05, 0) is 5.75 Å². The van der Waals surface area contributed by atoms with Gasteiger partial charge in [0.05, 0.1) is 13.1 Å². The maximum atomic E-state index is 10.4. The van der Waals surface area contributed by atoms with Crippen molar-refractivity contribution in [1.29, 1.82) is 0 Å². The topological polar surface area (TPSA) is 79.2 Å². The highest BCUT2D eigenvalue weighted by atomic mass is 32.3. The number of thioether (sulfide) groups is 1. The van der Waals surface area contributed by atoms with Crippen molar-refractivity contribution in [3.05, 3.63) is 0 Å². The largest absolute Gasteiger partial charge is 0.418 e. The average molecular weight is 226 g/mol. The van der Waals surface area contributed by atoms with Crippen LogP contribution in [0.15, 0.2) is 4.99 Å². The maximum absolute atomic E-state index is 10.4. The van der Waals surface area contributed by atoms with Crippen LogP contribution in [0.4, 0.5) is 0 Å². The standard InChI is InChI=1S/C5H10N2O4S2/c1-2-12-5-6-3-4-7(5)11-13(8,9)10/h2-4H2,1H3,(H,8,9,10). The maximum Gasteiger partial charge on any atom is 0.418 e. The van der Waals surface area contributed by atoms with Crippen LogP contribution in [0.1, 0.15) is 6.92 Å². The summed E-state index contributed by atoms with van der Waals surface area (Å²) in [6, 6.07) is 0. The van der Waals surface area contributed by atoms with E-state index in [1.54, 1.807) is 0 Å². The van der Waals surface area contributed by atoms with Gasteiger partial charge >= 0.3 is 10.4 Å². The van der Waals surface area contributed by atoms with Gasteiger partial charge in [-0.15, -0.1) is 4.28 Å². The molecule has 0 atom stereocenters. The van der Waals surface area contributed by atoms with Crippen LogP contribution in [0, 0.1) is 0 Å². The summed E-state index contributed by atoms with van der Waals surface area (Å²) < 4.78 is 33.4. The highest BCUT2D eigenvalue weighted by Crippen LogP contribution is 2.15. The molecule has 1 heterocycles. The normalized spacial score (nSPS) is 17.7. The molecule has 76 valence electrons. The first-order valence-corrected chi connectivity index (χ1v) is 6.00. The third-order valence-corrected chi connectivity index (χ3v) is 2.47. The molecule has 0 fully saturated rings. The molecule has 0 radical (unpaired) electrons. The van der Waals surface area contributed by atoms with Crippen LogP contribution in [-0.2, 0) is 14.7 Å². The first-order valence-electron chi connectivity index (χ1n) is 3.64. The summed E-state index contributed by atoms with van der Waals surface area (Å²) in [5.41, 5.74) is 0. The van der Waals surface area contributed by atoms with Gasteiger partial charge in [0.2, 0.25) is 0 Å². The Morgan fingerprint density at radius 3 is 3.00 bits per heavy atom. The van der Waals surface area contributed by atoms with E-state index in [-0.39, 0.29) is 0 Å². The van der Waals surface area contributed by atoms with Crippen LogP contribution in [0.25, 0.3) is 0 Å². The van der Waals surface area contributed by atoms with Crippen LogP contribution >= 0.6 is 11.8 Å². The molecule has 0 aromatic rings. The van der Waals surface area contributed by atoms with Gasteiger partial charge in [-0.2, -0.15) is 8.42 Å². The molecule has 0 spiro atoms. The molecule has 0 saturated heterocycles. The summed E-state index contributed by atoms with van der Waals surface area (Å²) in [6.45, 7) is 2.75. The van der Waals surface area contributed by atoms with Crippen LogP contribution in [0.2, 0.25) is 0 Å². The zero-order chi connectivity index (χ0) is 9.90. The van der Waals surface area contributed by atoms with Gasteiger partial charge in [0.25, 0.3) is 0 Å². The van der Waals surface area contributed by atoms with Gasteiger partial charge in [0.1, 0.15) is 0 Å². The van der Waals surface area contributed by atoms with E-state index < -0.39 is 10.4 Å². The highest BCUT2D eigenvalue weighted by molar-refractivity contribution is 8.13. The van der Waals surface area contributed by atoms with Crippen molar-refractivity contribution in [2.24, 2.45) is 4.99 Å². The molecule has 13 heavy (non-hydrogen) atoms. The van der Waals surface area contributed by atoms with Crippen LogP contribution in [0.3, 0.4) is 0 Å². The monoisotopic (exact) mass is 226 g/mol. The SMILES string of the molecule is CCSC1=NCCN1OS(=O)(=O)O. The molecule has 1 aliphatic heterocycles. The Hall–Kier alpha value is -0.310. The molecule has 0 unspecified atom stereocenters. The summed E-state index contributed by atoms with van der Waals surface area (Å²) in [5, 5.41) is 1.56. The molecule has 1 aliphatic rings. The average Bonchev–Trinajstić information content (AvgIpc) is 2.34. The molecule has 0 saturated carbocycles. The molecule has 0 aliphatic carbocycles. The smallest absolute Gasteiger partial charge is 0.262 e. The van der Waals surface area contributed by atoms with Crippen LogP contribution in [-0.4, -0.2) is 42.0 Å². The fourth-order valence-electron chi connectivity index (χ4n) is 0.841. The van der Waals surface area contributed by atoms with Crippen molar-refractivity contribution < 1.29 is 17.3 Å². The van der Waals surface area contributed by atoms with E-state index in [1.807, 2.05) is 6.92 Å². The molecule has 6 nitrogen and oxygen atoms in total. The van der Waals surface area contributed by atoms with Crippen molar-refractivity contribution in [2.45, 2.75) is 6.92 Å². The van der Waals surface area contributed by atoms with Crippen molar-refractivity contribution in [1.82, 2.24) is 5.06 Å². The van der Waals surface area contributed by atoms with Crippen LogP contribution < -0.4 is 0 Å². The van der Waals surface area contributed by atoms with Gasteiger partial charge < -0.3 is 0 Å². The molecule has 1 rings (SSSR count). The first-order chi connectivity index (χ1) is 6.03. The number of hydroxylamine groups is 2. The van der Waals surface area contributed by atoms with Crippen molar-refractivity contribution in [2.75, 3.05) is 18.8 Å². The Labute approximate surface area is 80.9 Å². The van der Waals surface area contributed by atoms with Crippen molar-refractivity contribution in [3.8, 4) is 0 Å². The van der Waals surface area contributed by atoms with Crippen LogP contribution in [0.5, 0.6) is 0 Å². The first kappa shape index (κ1) is 10.8. The molecule has 0 amide bonds. The second-order valence-electron chi connectivity index (χ2n) is 2.20. The minimum atomic E-state index is -4.43. The lowest BCUT2D eigenvalue weighted by Crippen LogP contribution is -2.29. The third-order valence-electron chi connectivity index (χ3n) is 1.22. The number of rotatable bonds is 3. The lowest BCUT2D eigenvalue weighted by Gasteiger charge is -2.14. The van der Waals surface area contributed by atoms with E-state index in [0.29, 0.717) is 18.3 Å². The molecular formula is C5H10N2O4S2. The summed E-state index contributed by atoms with van der Waals surface area (Å²) in [4.78, 5) is 4.00. The zero-order valence-electron chi connectivity index (χ0n) is 7.00. The number of nitrogens with zero attached hydrogens (tertiary/aromatic N) is 2. The third kappa shape index (κ3) is 3.51. The molecule has 0 aromatic heterocycles. The second kappa shape index (κ2) is 4.27. The minimum Gasteiger partial charge on any atom is -0.262 e. The van der Waals surface area contributed by atoms with E-state index >= 15 is 0 Å². The van der Waals surface area contributed by atoms with Gasteiger partial charge in [0, 0.05) is 0 Å². The minimum absolute atomic E-state index is 0.349. The Morgan fingerprint density at radius 1 is 1.77 bits per heavy atom. The van der Waals surface area contributed by atoms with Crippen molar-refractivity contribution in [3.63, 3.8) is 0 Å². The summed E-state index contributed by atoms with van der Waals surface area (Å²) >= 11 is 1.36. The van der Waals surface area contributed by atoms with Gasteiger partial charge in [-0.3, -0.25) is 9.55 Å². The number of amidine groups is 1. The summed E-state index contributed by atoms with van der Waals surface area (Å²) in [5.74, 6) is 0.768. The van der Waals surface area contributed by atoms with Gasteiger partial charge in [-0.25, -0.2) is 5.06 Å². The Balaban J connectivity index is 2.57. The summed E-state index contributed by atoms with van der Waals surface area (Å²) in [7, 11) is -4.43. The number of hydrogen-bond donors (Lipinski definition) is 1. The summed E-state index contributed by atoms with van der Waals surface area (Å²) in [6.07, 6.45) is 0. The molecule has 1 N–H and O–H groups in total. The second-order valence-corrected chi connectivity index (χ2v) is 4.44. The Kier molecular flexibility index (Phi) is 3.54. The lowest BCUT2D eigenvalue weighted by atomic mass is 10.7. The number of aliphatic imine (C=N–C) groups is 1. The van der Waals surface area contributed by atoms with E-state index in [1.165, 1.54) is 11.8 Å². The van der Waals surface area contributed by atoms with E-state index in [4.69, 9.17) is 4.55 Å². The molecular weight excluding hydrogens is 216 g/mol. The fraction of sp³-hybridized carbons (Fsp3) is 0.800. The van der Waals surface area contributed by atoms with E-state index in [0.717, 1.165) is 10.8 Å². The molecule has 0 bridgehead atoms. The quantitative estimate of drug-likeness (QED) is 0.690. The lowest BCUT2D eigenvalue weighted by molar-refractivity contribution is 0.0286.